The van der Waals surface area contributed by atoms with E-state index in [0.717, 1.165) is 15.7 Å². The van der Waals surface area contributed by atoms with Crippen molar-refractivity contribution < 1.29 is 9.53 Å². The van der Waals surface area contributed by atoms with E-state index in [4.69, 9.17) is 10.00 Å². The van der Waals surface area contributed by atoms with Gasteiger partial charge in [0.2, 0.25) is 0 Å². The topological polar surface area (TPSA) is 62.4 Å². The van der Waals surface area contributed by atoms with E-state index < -0.39 is 5.97 Å². The second-order valence-corrected chi connectivity index (χ2v) is 6.30. The molecule has 5 heteroatoms. The Balaban J connectivity index is 1.64. The van der Waals surface area contributed by atoms with Gasteiger partial charge in [-0.25, -0.2) is 4.79 Å². The summed E-state index contributed by atoms with van der Waals surface area (Å²) < 4.78 is 6.25. The summed E-state index contributed by atoms with van der Waals surface area (Å²) in [5.74, 6) is 0.0431. The molecule has 0 aliphatic heterocycles. The molecular formula is C21H13BrN2O2. The molecule has 0 aliphatic rings. The number of ether oxygens (including phenoxy) is 1. The van der Waals surface area contributed by atoms with E-state index in [1.54, 1.807) is 66.9 Å². The maximum atomic E-state index is 12.1. The molecule has 0 fully saturated rings. The number of rotatable bonds is 4. The van der Waals surface area contributed by atoms with Crippen LogP contribution in [0.15, 0.2) is 82.3 Å². The van der Waals surface area contributed by atoms with Gasteiger partial charge in [0.25, 0.3) is 0 Å². The first-order chi connectivity index (χ1) is 12.6. The molecule has 126 valence electrons. The van der Waals surface area contributed by atoms with Gasteiger partial charge < -0.3 is 4.74 Å². The van der Waals surface area contributed by atoms with Crippen molar-refractivity contribution in [2.75, 3.05) is 0 Å². The predicted molar refractivity (Wildman–Crippen MR) is 104 cm³/mol. The zero-order valence-corrected chi connectivity index (χ0v) is 15.2. The molecule has 0 aliphatic carbocycles. The van der Waals surface area contributed by atoms with Crippen LogP contribution < -0.4 is 4.74 Å². The van der Waals surface area contributed by atoms with E-state index in [9.17, 15) is 4.79 Å². The Morgan fingerprint density at radius 3 is 2.23 bits per heavy atom. The summed E-state index contributed by atoms with van der Waals surface area (Å²) in [4.78, 5) is 16.4. The van der Waals surface area contributed by atoms with Crippen molar-refractivity contribution in [3.05, 3.63) is 94.0 Å². The van der Waals surface area contributed by atoms with E-state index in [1.807, 2.05) is 12.1 Å². The smallest absolute Gasteiger partial charge is 0.343 e. The van der Waals surface area contributed by atoms with Crippen LogP contribution >= 0.6 is 15.9 Å². The molecule has 0 unspecified atom stereocenters. The molecule has 26 heavy (non-hydrogen) atoms. The average Bonchev–Trinajstić information content (AvgIpc) is 2.68. The van der Waals surface area contributed by atoms with Crippen LogP contribution in [0.5, 0.6) is 5.75 Å². The van der Waals surface area contributed by atoms with Crippen LogP contribution in [0.3, 0.4) is 0 Å². The van der Waals surface area contributed by atoms with Gasteiger partial charge in [0, 0.05) is 10.7 Å². The number of nitrogens with zero attached hydrogens (tertiary/aromatic N) is 2. The maximum Gasteiger partial charge on any atom is 0.343 e. The van der Waals surface area contributed by atoms with Gasteiger partial charge in [-0.1, -0.05) is 28.1 Å². The van der Waals surface area contributed by atoms with Crippen molar-refractivity contribution >= 4 is 33.8 Å². The Bertz CT molecular complexity index is 971. The third-order valence-corrected chi connectivity index (χ3v) is 4.06. The van der Waals surface area contributed by atoms with Crippen LogP contribution in [0.4, 0.5) is 5.69 Å². The number of nitriles is 1. The molecule has 4 nitrogen and oxygen atoms in total. The number of carbonyl (C=O) groups is 1. The molecule has 3 aromatic carbocycles. The van der Waals surface area contributed by atoms with E-state index in [0.29, 0.717) is 16.9 Å². The summed E-state index contributed by atoms with van der Waals surface area (Å²) >= 11 is 3.33. The second kappa shape index (κ2) is 8.24. The van der Waals surface area contributed by atoms with Crippen molar-refractivity contribution in [1.82, 2.24) is 0 Å². The normalized spacial score (nSPS) is 10.5. The van der Waals surface area contributed by atoms with Gasteiger partial charge in [0.1, 0.15) is 5.75 Å². The minimum atomic E-state index is -0.411. The average molecular weight is 405 g/mol. The molecule has 3 aromatic rings. The highest BCUT2D eigenvalue weighted by molar-refractivity contribution is 9.10. The lowest BCUT2D eigenvalue weighted by molar-refractivity contribution is 0.0735. The van der Waals surface area contributed by atoms with Gasteiger partial charge in [-0.15, -0.1) is 0 Å². The van der Waals surface area contributed by atoms with Crippen LogP contribution in [0, 0.1) is 11.3 Å². The first kappa shape index (κ1) is 17.6. The number of aliphatic imine (C=N–C) groups is 1. The summed E-state index contributed by atoms with van der Waals surface area (Å²) in [5, 5.41) is 8.79. The van der Waals surface area contributed by atoms with Crippen molar-refractivity contribution in [3.63, 3.8) is 0 Å². The summed E-state index contributed by atoms with van der Waals surface area (Å²) in [5.41, 5.74) is 2.72. The Morgan fingerprint density at radius 1 is 0.962 bits per heavy atom. The third kappa shape index (κ3) is 4.65. The molecule has 0 spiro atoms. The molecule has 0 saturated heterocycles. The number of hydrogen-bond donors (Lipinski definition) is 0. The van der Waals surface area contributed by atoms with Crippen molar-refractivity contribution in [3.8, 4) is 11.8 Å². The monoisotopic (exact) mass is 404 g/mol. The van der Waals surface area contributed by atoms with Crippen molar-refractivity contribution in [2.24, 2.45) is 4.99 Å². The standard InChI is InChI=1S/C21H13BrN2O2/c22-18-7-5-17(6-8-18)21(25)26-20-11-9-19(10-12-20)24-14-16-3-1-15(13-23)2-4-16/h1-12,14H. The van der Waals surface area contributed by atoms with Crippen LogP contribution in [0.1, 0.15) is 21.5 Å². The Hall–Kier alpha value is -3.23. The van der Waals surface area contributed by atoms with Gasteiger partial charge in [-0.2, -0.15) is 5.26 Å². The molecule has 3 rings (SSSR count). The Labute approximate surface area is 159 Å². The summed E-state index contributed by atoms with van der Waals surface area (Å²) in [6.45, 7) is 0. The number of carbonyl (C=O) groups excluding carboxylic acids is 1. The highest BCUT2D eigenvalue weighted by Gasteiger charge is 2.08. The molecule has 0 heterocycles. The van der Waals surface area contributed by atoms with E-state index in [1.165, 1.54) is 0 Å². The zero-order chi connectivity index (χ0) is 18.4. The minimum absolute atomic E-state index is 0.411. The molecule has 0 amide bonds. The Kier molecular flexibility index (Phi) is 5.57. The lowest BCUT2D eigenvalue weighted by Crippen LogP contribution is -2.07. The molecule has 0 radical (unpaired) electrons. The fraction of sp³-hybridized carbons (Fsp3) is 0. The van der Waals surface area contributed by atoms with Gasteiger partial charge in [-0.3, -0.25) is 4.99 Å². The highest BCUT2D eigenvalue weighted by atomic mass is 79.9. The number of esters is 1. The van der Waals surface area contributed by atoms with Gasteiger partial charge >= 0.3 is 5.97 Å². The summed E-state index contributed by atoms with van der Waals surface area (Å²) in [6, 6.07) is 23.1. The molecule has 0 bridgehead atoms. The van der Waals surface area contributed by atoms with Crippen molar-refractivity contribution in [2.45, 2.75) is 0 Å². The second-order valence-electron chi connectivity index (χ2n) is 5.38. The highest BCUT2D eigenvalue weighted by Crippen LogP contribution is 2.20. The third-order valence-electron chi connectivity index (χ3n) is 3.53. The molecule has 0 N–H and O–H groups in total. The van der Waals surface area contributed by atoms with Crippen LogP contribution in [0.25, 0.3) is 0 Å². The van der Waals surface area contributed by atoms with E-state index in [-0.39, 0.29) is 0 Å². The fourth-order valence-corrected chi connectivity index (χ4v) is 2.41. The van der Waals surface area contributed by atoms with Crippen LogP contribution in [-0.2, 0) is 0 Å². The minimum Gasteiger partial charge on any atom is -0.423 e. The van der Waals surface area contributed by atoms with Crippen LogP contribution in [-0.4, -0.2) is 12.2 Å². The first-order valence-corrected chi connectivity index (χ1v) is 8.55. The van der Waals surface area contributed by atoms with E-state index >= 15 is 0 Å². The lowest BCUT2D eigenvalue weighted by Gasteiger charge is -2.04. The number of benzene rings is 3. The molecule has 0 atom stereocenters. The number of hydrogen-bond acceptors (Lipinski definition) is 4. The summed E-state index contributed by atoms with van der Waals surface area (Å²) in [7, 11) is 0. The lowest BCUT2D eigenvalue weighted by atomic mass is 10.2. The number of halogens is 1. The molecule has 0 saturated carbocycles. The van der Waals surface area contributed by atoms with E-state index in [2.05, 4.69) is 27.0 Å². The molecule has 0 aromatic heterocycles. The first-order valence-electron chi connectivity index (χ1n) is 7.76. The zero-order valence-electron chi connectivity index (χ0n) is 13.6. The maximum absolute atomic E-state index is 12.1. The van der Waals surface area contributed by atoms with Gasteiger partial charge in [-0.05, 0) is 66.2 Å². The largest absolute Gasteiger partial charge is 0.423 e. The fourth-order valence-electron chi connectivity index (χ4n) is 2.14. The van der Waals surface area contributed by atoms with Gasteiger partial charge in [0.05, 0.1) is 22.9 Å². The van der Waals surface area contributed by atoms with Crippen molar-refractivity contribution in [1.29, 1.82) is 5.26 Å². The quantitative estimate of drug-likeness (QED) is 0.337. The predicted octanol–water partition coefficient (Wildman–Crippen LogP) is 5.29. The molecular weight excluding hydrogens is 392 g/mol. The summed E-state index contributed by atoms with van der Waals surface area (Å²) in [6.07, 6.45) is 1.71. The van der Waals surface area contributed by atoms with Gasteiger partial charge in [0.15, 0.2) is 0 Å². The van der Waals surface area contributed by atoms with Crippen LogP contribution in [0.2, 0.25) is 0 Å². The Morgan fingerprint density at radius 2 is 1.62 bits per heavy atom. The SMILES string of the molecule is N#Cc1ccc(C=Nc2ccc(OC(=O)c3ccc(Br)cc3)cc2)cc1.